The van der Waals surface area contributed by atoms with Gasteiger partial charge < -0.3 is 9.32 Å². The number of oxazole rings is 1. The molecule has 2 heterocycles. The Kier molecular flexibility index (Phi) is 5.54. The zero-order valence-electron chi connectivity index (χ0n) is 14.8. The Hall–Kier alpha value is -1.84. The van der Waals surface area contributed by atoms with Crippen LogP contribution in [0.3, 0.4) is 0 Å². The van der Waals surface area contributed by atoms with Gasteiger partial charge in [-0.3, -0.25) is 4.79 Å². The first-order valence-corrected chi connectivity index (χ1v) is 9.37. The summed E-state index contributed by atoms with van der Waals surface area (Å²) in [5, 5.41) is 0. The molecule has 0 bridgehead atoms. The predicted octanol–water partition coefficient (Wildman–Crippen LogP) is 4.75. The number of carbonyl (C=O) groups is 1. The van der Waals surface area contributed by atoms with Crippen LogP contribution < -0.4 is 0 Å². The number of amides is 1. The topological polar surface area (TPSA) is 46.3 Å². The molecule has 0 aliphatic carbocycles. The van der Waals surface area contributed by atoms with E-state index in [1.54, 1.807) is 0 Å². The van der Waals surface area contributed by atoms with E-state index in [1.165, 1.54) is 0 Å². The second kappa shape index (κ2) is 7.82. The van der Waals surface area contributed by atoms with Crippen LogP contribution in [0.1, 0.15) is 64.2 Å². The monoisotopic (exact) mass is 328 g/mol. The minimum absolute atomic E-state index is 0.200. The van der Waals surface area contributed by atoms with Crippen molar-refractivity contribution in [3.8, 4) is 0 Å². The number of nitrogens with zero attached hydrogens (tertiary/aromatic N) is 2. The van der Waals surface area contributed by atoms with Gasteiger partial charge in [0.2, 0.25) is 5.91 Å². The number of para-hydroxylation sites is 2. The highest BCUT2D eigenvalue weighted by molar-refractivity contribution is 5.79. The molecule has 1 fully saturated rings. The third-order valence-electron chi connectivity index (χ3n) is 5.21. The fourth-order valence-corrected chi connectivity index (χ4v) is 3.62. The molecule has 1 saturated heterocycles. The molecule has 1 aromatic heterocycles. The summed E-state index contributed by atoms with van der Waals surface area (Å²) in [6.45, 7) is 5.96. The first-order chi connectivity index (χ1) is 11.7. The Balaban J connectivity index is 1.59. The Morgan fingerprint density at radius 3 is 2.71 bits per heavy atom. The van der Waals surface area contributed by atoms with Gasteiger partial charge in [0.05, 0.1) is 0 Å². The molecule has 1 aliphatic heterocycles. The largest absolute Gasteiger partial charge is 0.440 e. The van der Waals surface area contributed by atoms with E-state index in [0.29, 0.717) is 11.8 Å². The Labute approximate surface area is 144 Å². The first kappa shape index (κ1) is 17.0. The molecule has 0 saturated carbocycles. The normalized spacial score (nSPS) is 17.3. The number of unbranched alkanes of at least 4 members (excludes halogenated alkanes) is 1. The van der Waals surface area contributed by atoms with Crippen molar-refractivity contribution < 1.29 is 9.21 Å². The van der Waals surface area contributed by atoms with Crippen LogP contribution in [0.2, 0.25) is 0 Å². The van der Waals surface area contributed by atoms with Gasteiger partial charge in [-0.05, 0) is 37.8 Å². The van der Waals surface area contributed by atoms with E-state index in [9.17, 15) is 4.79 Å². The van der Waals surface area contributed by atoms with Gasteiger partial charge in [0.25, 0.3) is 0 Å². The first-order valence-electron chi connectivity index (χ1n) is 9.37. The zero-order chi connectivity index (χ0) is 16.9. The molecular weight excluding hydrogens is 300 g/mol. The van der Waals surface area contributed by atoms with Crippen LogP contribution >= 0.6 is 0 Å². The summed E-state index contributed by atoms with van der Waals surface area (Å²) in [4.78, 5) is 19.4. The predicted molar refractivity (Wildman–Crippen MR) is 95.9 cm³/mol. The van der Waals surface area contributed by atoms with Crippen molar-refractivity contribution in [1.29, 1.82) is 0 Å². The maximum Gasteiger partial charge on any atom is 0.225 e. The van der Waals surface area contributed by atoms with E-state index in [4.69, 9.17) is 4.42 Å². The Morgan fingerprint density at radius 2 is 2.04 bits per heavy atom. The van der Waals surface area contributed by atoms with Gasteiger partial charge >= 0.3 is 0 Å². The Bertz CT molecular complexity index is 638. The number of fused-ring (bicyclic) bond motifs is 1. The van der Waals surface area contributed by atoms with Gasteiger partial charge in [0.1, 0.15) is 5.52 Å². The number of hydrogen-bond acceptors (Lipinski definition) is 3. The fourth-order valence-electron chi connectivity index (χ4n) is 3.62. The number of likely N-dealkylation sites (tertiary alicyclic amines) is 1. The molecule has 0 spiro atoms. The summed E-state index contributed by atoms with van der Waals surface area (Å²) in [7, 11) is 0. The van der Waals surface area contributed by atoms with E-state index in [-0.39, 0.29) is 5.92 Å². The van der Waals surface area contributed by atoms with Crippen molar-refractivity contribution in [2.45, 2.75) is 58.3 Å². The smallest absolute Gasteiger partial charge is 0.225 e. The lowest BCUT2D eigenvalue weighted by Crippen LogP contribution is -2.41. The molecule has 130 valence electrons. The summed E-state index contributed by atoms with van der Waals surface area (Å²) in [5.41, 5.74) is 1.79. The van der Waals surface area contributed by atoms with Crippen molar-refractivity contribution in [2.75, 3.05) is 13.1 Å². The van der Waals surface area contributed by atoms with Crippen LogP contribution in [-0.2, 0) is 4.79 Å². The van der Waals surface area contributed by atoms with Crippen LogP contribution in [-0.4, -0.2) is 28.9 Å². The lowest BCUT2D eigenvalue weighted by atomic mass is 9.93. The highest BCUT2D eigenvalue weighted by Crippen LogP contribution is 2.31. The second-order valence-electron chi connectivity index (χ2n) is 6.87. The lowest BCUT2D eigenvalue weighted by molar-refractivity contribution is -0.137. The average molecular weight is 328 g/mol. The molecule has 1 aromatic carbocycles. The van der Waals surface area contributed by atoms with Crippen LogP contribution in [0.15, 0.2) is 28.7 Å². The van der Waals surface area contributed by atoms with Crippen LogP contribution in [0.5, 0.6) is 0 Å². The third-order valence-corrected chi connectivity index (χ3v) is 5.21. The molecule has 0 N–H and O–H groups in total. The summed E-state index contributed by atoms with van der Waals surface area (Å²) < 4.78 is 5.91. The highest BCUT2D eigenvalue weighted by atomic mass is 16.3. The summed E-state index contributed by atoms with van der Waals surface area (Å²) in [6.07, 6.45) is 6.17. The van der Waals surface area contributed by atoms with Crippen molar-refractivity contribution in [1.82, 2.24) is 9.88 Å². The van der Waals surface area contributed by atoms with Gasteiger partial charge in [-0.2, -0.15) is 0 Å². The number of aromatic nitrogens is 1. The number of piperidine rings is 1. The van der Waals surface area contributed by atoms with E-state index < -0.39 is 0 Å². The number of hydrogen-bond donors (Lipinski definition) is 0. The van der Waals surface area contributed by atoms with Gasteiger partial charge in [-0.1, -0.05) is 38.8 Å². The fraction of sp³-hybridized carbons (Fsp3) is 0.600. The van der Waals surface area contributed by atoms with Crippen molar-refractivity contribution >= 4 is 17.0 Å². The van der Waals surface area contributed by atoms with Crippen LogP contribution in [0, 0.1) is 5.92 Å². The lowest BCUT2D eigenvalue weighted by Gasteiger charge is -2.33. The van der Waals surface area contributed by atoms with Crippen molar-refractivity contribution in [2.24, 2.45) is 5.92 Å². The number of carbonyl (C=O) groups excluding carboxylic acids is 1. The molecule has 0 radical (unpaired) electrons. The third kappa shape index (κ3) is 3.63. The van der Waals surface area contributed by atoms with Crippen molar-refractivity contribution in [3.05, 3.63) is 30.2 Å². The van der Waals surface area contributed by atoms with E-state index in [0.717, 1.165) is 68.6 Å². The maximum atomic E-state index is 12.7. The number of benzene rings is 1. The van der Waals surface area contributed by atoms with Crippen molar-refractivity contribution in [3.63, 3.8) is 0 Å². The molecular formula is C20H28N2O2. The molecule has 1 aliphatic rings. The highest BCUT2D eigenvalue weighted by Gasteiger charge is 2.29. The minimum atomic E-state index is 0.200. The molecule has 3 rings (SSSR count). The molecule has 4 heteroatoms. The standard InChI is InChI=1S/C20H28N2O2/c1-3-5-8-15(4-2)20(23)22-13-11-16(12-14-22)19-21-17-9-6-7-10-18(17)24-19/h6-7,9-10,15-16H,3-5,8,11-14H2,1-2H3. The van der Waals surface area contributed by atoms with Gasteiger partial charge in [-0.25, -0.2) is 4.98 Å². The van der Waals surface area contributed by atoms with Crippen LogP contribution in [0.4, 0.5) is 0 Å². The van der Waals surface area contributed by atoms with Gasteiger partial charge in [0, 0.05) is 24.9 Å². The van der Waals surface area contributed by atoms with Gasteiger partial charge in [0.15, 0.2) is 11.5 Å². The molecule has 2 aromatic rings. The quantitative estimate of drug-likeness (QED) is 0.768. The van der Waals surface area contributed by atoms with E-state index in [2.05, 4.69) is 23.7 Å². The molecule has 1 unspecified atom stereocenters. The SMILES string of the molecule is CCCCC(CC)C(=O)N1CCC(c2nc3ccccc3o2)CC1. The van der Waals surface area contributed by atoms with E-state index in [1.807, 2.05) is 24.3 Å². The Morgan fingerprint density at radius 1 is 1.29 bits per heavy atom. The molecule has 24 heavy (non-hydrogen) atoms. The van der Waals surface area contributed by atoms with Gasteiger partial charge in [-0.15, -0.1) is 0 Å². The van der Waals surface area contributed by atoms with E-state index >= 15 is 0 Å². The zero-order valence-corrected chi connectivity index (χ0v) is 14.8. The second-order valence-corrected chi connectivity index (χ2v) is 6.87. The summed E-state index contributed by atoms with van der Waals surface area (Å²) >= 11 is 0. The van der Waals surface area contributed by atoms with Crippen LogP contribution in [0.25, 0.3) is 11.1 Å². The summed E-state index contributed by atoms with van der Waals surface area (Å²) in [5.74, 6) is 1.71. The number of rotatable bonds is 6. The maximum absolute atomic E-state index is 12.7. The molecule has 1 atom stereocenters. The summed E-state index contributed by atoms with van der Waals surface area (Å²) in [6, 6.07) is 7.90. The molecule has 1 amide bonds. The average Bonchev–Trinajstić information content (AvgIpc) is 3.06. The minimum Gasteiger partial charge on any atom is -0.440 e. The molecule has 4 nitrogen and oxygen atoms in total.